The molecule has 1 saturated heterocycles. The smallest absolute Gasteiger partial charge is 0.276 e. The van der Waals surface area contributed by atoms with Crippen LogP contribution in [0.3, 0.4) is 0 Å². The molecule has 0 unspecified atom stereocenters. The van der Waals surface area contributed by atoms with E-state index in [1.165, 1.54) is 5.56 Å². The highest BCUT2D eigenvalue weighted by Crippen LogP contribution is 2.31. The topological polar surface area (TPSA) is 81.1 Å². The second kappa shape index (κ2) is 7.72. The number of nitrogens with one attached hydrogen (secondary N) is 1. The molecule has 0 spiro atoms. The summed E-state index contributed by atoms with van der Waals surface area (Å²) in [5.41, 5.74) is 6.00. The van der Waals surface area contributed by atoms with Gasteiger partial charge in [0.05, 0.1) is 23.2 Å². The Morgan fingerprint density at radius 1 is 1.07 bits per heavy atom. The zero-order valence-corrected chi connectivity index (χ0v) is 18.2. The standard InChI is InChI=1S/C23H25N3O3S/c1-15-5-4-6-19(11-15)24-23(27)21-13-22(18-8-7-16(2)17(3)12-18)26(25-21)20-9-10-30(28,29)14-20/h4-8,11-13,20H,9-10,14H2,1-3H3,(H,24,27)/t20-/m0/s1. The average molecular weight is 424 g/mol. The molecule has 0 radical (unpaired) electrons. The molecule has 1 fully saturated rings. The first-order valence-electron chi connectivity index (χ1n) is 9.97. The minimum absolute atomic E-state index is 0.0471. The van der Waals surface area contributed by atoms with Crippen molar-refractivity contribution >= 4 is 21.4 Å². The minimum Gasteiger partial charge on any atom is -0.321 e. The summed E-state index contributed by atoms with van der Waals surface area (Å²) in [6.45, 7) is 6.04. The Labute approximate surface area is 176 Å². The molecule has 0 aliphatic carbocycles. The van der Waals surface area contributed by atoms with E-state index in [9.17, 15) is 13.2 Å². The van der Waals surface area contributed by atoms with Gasteiger partial charge in [-0.25, -0.2) is 8.42 Å². The second-order valence-corrected chi connectivity index (χ2v) is 10.3. The summed E-state index contributed by atoms with van der Waals surface area (Å²) >= 11 is 0. The number of nitrogens with zero attached hydrogens (tertiary/aromatic N) is 2. The van der Waals surface area contributed by atoms with Crippen molar-refractivity contribution in [2.75, 3.05) is 16.8 Å². The van der Waals surface area contributed by atoms with E-state index in [1.807, 2.05) is 57.2 Å². The van der Waals surface area contributed by atoms with Crippen LogP contribution in [0.4, 0.5) is 5.69 Å². The second-order valence-electron chi connectivity index (χ2n) is 8.04. The molecule has 1 atom stereocenters. The molecule has 0 bridgehead atoms. The molecule has 1 aliphatic heterocycles. The zero-order valence-electron chi connectivity index (χ0n) is 17.3. The van der Waals surface area contributed by atoms with Crippen LogP contribution in [0.15, 0.2) is 48.5 Å². The Balaban J connectivity index is 1.73. The van der Waals surface area contributed by atoms with Gasteiger partial charge in [-0.1, -0.05) is 24.3 Å². The summed E-state index contributed by atoms with van der Waals surface area (Å²) in [4.78, 5) is 12.9. The fraction of sp³-hybridized carbons (Fsp3) is 0.304. The van der Waals surface area contributed by atoms with Crippen molar-refractivity contribution in [2.45, 2.75) is 33.2 Å². The largest absolute Gasteiger partial charge is 0.321 e. The lowest BCUT2D eigenvalue weighted by Crippen LogP contribution is -2.16. The molecular weight excluding hydrogens is 398 g/mol. The monoisotopic (exact) mass is 423 g/mol. The summed E-state index contributed by atoms with van der Waals surface area (Å²) in [6, 6.07) is 15.1. The Morgan fingerprint density at radius 3 is 2.53 bits per heavy atom. The molecule has 0 saturated carbocycles. The molecule has 1 N–H and O–H groups in total. The average Bonchev–Trinajstić information content (AvgIpc) is 3.27. The third-order valence-corrected chi connectivity index (χ3v) is 7.35. The number of hydrogen-bond acceptors (Lipinski definition) is 4. The van der Waals surface area contributed by atoms with Gasteiger partial charge in [0.15, 0.2) is 15.5 Å². The quantitative estimate of drug-likeness (QED) is 0.685. The molecule has 1 amide bonds. The van der Waals surface area contributed by atoms with Crippen LogP contribution in [-0.2, 0) is 9.84 Å². The predicted octanol–water partition coefficient (Wildman–Crippen LogP) is 4.09. The summed E-state index contributed by atoms with van der Waals surface area (Å²) in [5.74, 6) is -0.120. The van der Waals surface area contributed by atoms with Crippen molar-refractivity contribution in [3.05, 3.63) is 70.9 Å². The van der Waals surface area contributed by atoms with Crippen LogP contribution in [-0.4, -0.2) is 35.6 Å². The first-order valence-corrected chi connectivity index (χ1v) is 11.8. The molecule has 30 heavy (non-hydrogen) atoms. The van der Waals surface area contributed by atoms with E-state index in [0.29, 0.717) is 12.1 Å². The van der Waals surface area contributed by atoms with Crippen molar-refractivity contribution in [3.8, 4) is 11.3 Å². The van der Waals surface area contributed by atoms with E-state index in [0.717, 1.165) is 22.4 Å². The fourth-order valence-corrected chi connectivity index (χ4v) is 5.48. The number of carbonyl (C=O) groups excluding carboxylic acids is 1. The Kier molecular flexibility index (Phi) is 5.24. The van der Waals surface area contributed by atoms with Crippen LogP contribution in [0.2, 0.25) is 0 Å². The summed E-state index contributed by atoms with van der Waals surface area (Å²) < 4.78 is 25.8. The third kappa shape index (κ3) is 4.16. The molecule has 2 heterocycles. The lowest BCUT2D eigenvalue weighted by molar-refractivity contribution is 0.102. The van der Waals surface area contributed by atoms with Gasteiger partial charge in [0.25, 0.3) is 5.91 Å². The summed E-state index contributed by atoms with van der Waals surface area (Å²) in [7, 11) is -3.08. The Bertz CT molecular complexity index is 1230. The molecule has 156 valence electrons. The maximum absolute atomic E-state index is 12.9. The Hall–Kier alpha value is -2.93. The van der Waals surface area contributed by atoms with Gasteiger partial charge in [0, 0.05) is 11.3 Å². The number of carbonyl (C=O) groups is 1. The number of rotatable bonds is 4. The number of benzene rings is 2. The van der Waals surface area contributed by atoms with Gasteiger partial charge in [-0.15, -0.1) is 0 Å². The lowest BCUT2D eigenvalue weighted by Gasteiger charge is -2.14. The molecule has 1 aliphatic rings. The van der Waals surface area contributed by atoms with E-state index >= 15 is 0 Å². The number of anilines is 1. The van der Waals surface area contributed by atoms with E-state index < -0.39 is 9.84 Å². The lowest BCUT2D eigenvalue weighted by atomic mass is 10.0. The highest BCUT2D eigenvalue weighted by Gasteiger charge is 2.32. The van der Waals surface area contributed by atoms with Gasteiger partial charge in [-0.2, -0.15) is 5.10 Å². The van der Waals surface area contributed by atoms with Crippen LogP contribution >= 0.6 is 0 Å². The Morgan fingerprint density at radius 2 is 1.87 bits per heavy atom. The van der Waals surface area contributed by atoms with Gasteiger partial charge in [-0.3, -0.25) is 9.48 Å². The molecule has 2 aromatic carbocycles. The molecule has 3 aromatic rings. The predicted molar refractivity (Wildman–Crippen MR) is 119 cm³/mol. The highest BCUT2D eigenvalue weighted by atomic mass is 32.2. The SMILES string of the molecule is Cc1cccc(NC(=O)c2cc(-c3ccc(C)c(C)c3)n([C@H]3CCS(=O)(=O)C3)n2)c1. The normalized spacial score (nSPS) is 17.8. The van der Waals surface area contributed by atoms with Gasteiger partial charge in [0.2, 0.25) is 0 Å². The highest BCUT2D eigenvalue weighted by molar-refractivity contribution is 7.91. The van der Waals surface area contributed by atoms with Crippen molar-refractivity contribution in [1.82, 2.24) is 9.78 Å². The number of hydrogen-bond donors (Lipinski definition) is 1. The summed E-state index contributed by atoms with van der Waals surface area (Å²) in [6.07, 6.45) is 0.501. The molecule has 6 nitrogen and oxygen atoms in total. The van der Waals surface area contributed by atoms with Gasteiger partial charge < -0.3 is 5.32 Å². The van der Waals surface area contributed by atoms with Crippen LogP contribution in [0.5, 0.6) is 0 Å². The van der Waals surface area contributed by atoms with Crippen molar-refractivity contribution in [2.24, 2.45) is 0 Å². The van der Waals surface area contributed by atoms with Crippen molar-refractivity contribution < 1.29 is 13.2 Å². The number of amides is 1. The van der Waals surface area contributed by atoms with Crippen LogP contribution < -0.4 is 5.32 Å². The number of aryl methyl sites for hydroxylation is 3. The maximum Gasteiger partial charge on any atom is 0.276 e. The third-order valence-electron chi connectivity index (χ3n) is 5.60. The van der Waals surface area contributed by atoms with Gasteiger partial charge in [0.1, 0.15) is 0 Å². The van der Waals surface area contributed by atoms with Gasteiger partial charge in [-0.05, 0) is 68.1 Å². The van der Waals surface area contributed by atoms with Crippen molar-refractivity contribution in [1.29, 1.82) is 0 Å². The first kappa shape index (κ1) is 20.3. The van der Waals surface area contributed by atoms with E-state index in [-0.39, 0.29) is 29.1 Å². The van der Waals surface area contributed by atoms with Crippen molar-refractivity contribution in [3.63, 3.8) is 0 Å². The van der Waals surface area contributed by atoms with Crippen LogP contribution in [0.1, 0.15) is 39.6 Å². The molecule has 4 rings (SSSR count). The molecule has 1 aromatic heterocycles. The first-order chi connectivity index (χ1) is 14.2. The van der Waals surface area contributed by atoms with Crippen LogP contribution in [0, 0.1) is 20.8 Å². The minimum atomic E-state index is -3.08. The van der Waals surface area contributed by atoms with E-state index in [4.69, 9.17) is 0 Å². The van der Waals surface area contributed by atoms with Crippen LogP contribution in [0.25, 0.3) is 11.3 Å². The zero-order chi connectivity index (χ0) is 21.5. The van der Waals surface area contributed by atoms with E-state index in [1.54, 1.807) is 10.7 Å². The summed E-state index contributed by atoms with van der Waals surface area (Å²) in [5, 5.41) is 7.43. The molecule has 7 heteroatoms. The number of sulfone groups is 1. The van der Waals surface area contributed by atoms with Gasteiger partial charge >= 0.3 is 0 Å². The van der Waals surface area contributed by atoms with E-state index in [2.05, 4.69) is 16.5 Å². The maximum atomic E-state index is 12.9. The number of aromatic nitrogens is 2. The molecular formula is C23H25N3O3S. The fourth-order valence-electron chi connectivity index (χ4n) is 3.79.